The van der Waals surface area contributed by atoms with Gasteiger partial charge in [-0.3, -0.25) is 0 Å². The molecular formula is C23H18F2N4O2S. The van der Waals surface area contributed by atoms with Crippen LogP contribution in [-0.2, 0) is 16.6 Å². The number of guanidine groups is 1. The second kappa shape index (κ2) is 8.40. The Morgan fingerprint density at radius 3 is 2.44 bits per heavy atom. The minimum absolute atomic E-state index is 0.0260. The zero-order chi connectivity index (χ0) is 22.9. The number of rotatable bonds is 4. The fourth-order valence-electron chi connectivity index (χ4n) is 3.59. The van der Waals surface area contributed by atoms with Crippen LogP contribution in [0.2, 0.25) is 0 Å². The summed E-state index contributed by atoms with van der Waals surface area (Å²) in [5.41, 5.74) is 1.55. The second-order valence-electron chi connectivity index (χ2n) is 7.28. The maximum atomic E-state index is 14.9. The monoisotopic (exact) mass is 452 g/mol. The van der Waals surface area contributed by atoms with Crippen LogP contribution in [0.1, 0.15) is 35.1 Å². The summed E-state index contributed by atoms with van der Waals surface area (Å²) >= 11 is 0. The molecule has 1 aliphatic heterocycles. The molecule has 3 aromatic carbocycles. The number of sulfonamides is 1. The number of benzene rings is 3. The summed E-state index contributed by atoms with van der Waals surface area (Å²) in [6.07, 6.45) is 0. The average molecular weight is 452 g/mol. The molecule has 6 nitrogen and oxygen atoms in total. The molecule has 32 heavy (non-hydrogen) atoms. The minimum atomic E-state index is -4.02. The van der Waals surface area contributed by atoms with Crippen molar-refractivity contribution in [3.8, 4) is 6.07 Å². The fourth-order valence-corrected chi connectivity index (χ4v) is 4.74. The molecular weight excluding hydrogens is 434 g/mol. The fraction of sp³-hybridized carbons (Fsp3) is 0.130. The SMILES string of the molecule is C[C@H](c1ccccc1F)c1c(F)ccc2c1NC(=NCc1ccc(C#N)cc1)NS2(=O)=O. The Morgan fingerprint density at radius 2 is 1.75 bits per heavy atom. The molecule has 0 unspecified atom stereocenters. The Bertz CT molecular complexity index is 1360. The van der Waals surface area contributed by atoms with Crippen molar-refractivity contribution in [3.63, 3.8) is 0 Å². The zero-order valence-electron chi connectivity index (χ0n) is 16.9. The van der Waals surface area contributed by atoms with Gasteiger partial charge in [-0.2, -0.15) is 5.26 Å². The van der Waals surface area contributed by atoms with Gasteiger partial charge in [0.2, 0.25) is 5.96 Å². The van der Waals surface area contributed by atoms with Crippen molar-refractivity contribution in [1.82, 2.24) is 4.72 Å². The first kappa shape index (κ1) is 21.5. The highest BCUT2D eigenvalue weighted by atomic mass is 32.2. The molecule has 9 heteroatoms. The first-order valence-corrected chi connectivity index (χ1v) is 11.2. The number of halogens is 2. The third-order valence-corrected chi connectivity index (χ3v) is 6.61. The lowest BCUT2D eigenvalue weighted by molar-refractivity contribution is 0.577. The second-order valence-corrected chi connectivity index (χ2v) is 8.93. The van der Waals surface area contributed by atoms with Crippen LogP contribution >= 0.6 is 0 Å². The van der Waals surface area contributed by atoms with Gasteiger partial charge in [0, 0.05) is 11.5 Å². The van der Waals surface area contributed by atoms with Crippen molar-refractivity contribution in [2.45, 2.75) is 24.3 Å². The Hall–Kier alpha value is -3.77. The van der Waals surface area contributed by atoms with Gasteiger partial charge in [0.25, 0.3) is 10.0 Å². The number of aliphatic imine (C=N–C) groups is 1. The molecule has 162 valence electrons. The van der Waals surface area contributed by atoms with E-state index in [0.717, 1.165) is 17.7 Å². The smallest absolute Gasteiger partial charge is 0.266 e. The van der Waals surface area contributed by atoms with Crippen molar-refractivity contribution in [1.29, 1.82) is 5.26 Å². The maximum Gasteiger partial charge on any atom is 0.266 e. The molecule has 0 amide bonds. The summed E-state index contributed by atoms with van der Waals surface area (Å²) in [7, 11) is -4.02. The summed E-state index contributed by atoms with van der Waals surface area (Å²) in [5, 5.41) is 11.8. The molecule has 0 spiro atoms. The van der Waals surface area contributed by atoms with Crippen LogP contribution < -0.4 is 10.0 Å². The molecule has 1 aliphatic rings. The van der Waals surface area contributed by atoms with E-state index in [9.17, 15) is 17.2 Å². The Labute approximate surface area is 184 Å². The molecule has 0 saturated heterocycles. The quantitative estimate of drug-likeness (QED) is 0.619. The van der Waals surface area contributed by atoms with Crippen LogP contribution in [-0.4, -0.2) is 14.4 Å². The molecule has 1 heterocycles. The van der Waals surface area contributed by atoms with E-state index < -0.39 is 27.6 Å². The van der Waals surface area contributed by atoms with Gasteiger partial charge in [-0.25, -0.2) is 26.9 Å². The first-order valence-electron chi connectivity index (χ1n) is 9.70. The van der Waals surface area contributed by atoms with E-state index >= 15 is 0 Å². The maximum absolute atomic E-state index is 14.9. The highest BCUT2D eigenvalue weighted by molar-refractivity contribution is 7.90. The number of hydrogen-bond acceptors (Lipinski definition) is 4. The highest BCUT2D eigenvalue weighted by Gasteiger charge is 2.32. The third-order valence-electron chi connectivity index (χ3n) is 5.23. The molecule has 0 fully saturated rings. The highest BCUT2D eigenvalue weighted by Crippen LogP contribution is 2.38. The van der Waals surface area contributed by atoms with Crippen molar-refractivity contribution in [2.75, 3.05) is 5.32 Å². The summed E-state index contributed by atoms with van der Waals surface area (Å²) in [6, 6.07) is 16.9. The third kappa shape index (κ3) is 4.05. The predicted molar refractivity (Wildman–Crippen MR) is 117 cm³/mol. The number of nitriles is 1. The van der Waals surface area contributed by atoms with Crippen LogP contribution in [0.3, 0.4) is 0 Å². The summed E-state index contributed by atoms with van der Waals surface area (Å²) in [5.74, 6) is -2.00. The Morgan fingerprint density at radius 1 is 1.03 bits per heavy atom. The van der Waals surface area contributed by atoms with E-state index in [1.165, 1.54) is 18.2 Å². The molecule has 0 aliphatic carbocycles. The van der Waals surface area contributed by atoms with Gasteiger partial charge in [0.15, 0.2) is 0 Å². The summed E-state index contributed by atoms with van der Waals surface area (Å²) in [6.45, 7) is 1.74. The van der Waals surface area contributed by atoms with Crippen LogP contribution in [0.5, 0.6) is 0 Å². The first-order chi connectivity index (χ1) is 15.3. The van der Waals surface area contributed by atoms with Gasteiger partial charge >= 0.3 is 0 Å². The molecule has 0 radical (unpaired) electrons. The van der Waals surface area contributed by atoms with E-state index in [0.29, 0.717) is 5.56 Å². The zero-order valence-corrected chi connectivity index (χ0v) is 17.7. The molecule has 0 aromatic heterocycles. The van der Waals surface area contributed by atoms with Gasteiger partial charge in [-0.05, 0) is 41.5 Å². The van der Waals surface area contributed by atoms with Crippen molar-refractivity contribution < 1.29 is 17.2 Å². The van der Waals surface area contributed by atoms with E-state index in [1.807, 2.05) is 6.07 Å². The number of anilines is 1. The topological polar surface area (TPSA) is 94.3 Å². The lowest BCUT2D eigenvalue weighted by atomic mass is 9.91. The van der Waals surface area contributed by atoms with Gasteiger partial charge < -0.3 is 5.32 Å². The number of fused-ring (bicyclic) bond motifs is 1. The van der Waals surface area contributed by atoms with E-state index in [-0.39, 0.29) is 34.2 Å². The molecule has 3 aromatic rings. The molecule has 0 saturated carbocycles. The van der Waals surface area contributed by atoms with E-state index in [1.54, 1.807) is 37.3 Å². The number of nitrogens with zero attached hydrogens (tertiary/aromatic N) is 2. The Balaban J connectivity index is 1.74. The largest absolute Gasteiger partial charge is 0.324 e. The molecule has 1 atom stereocenters. The van der Waals surface area contributed by atoms with Crippen LogP contribution in [0.15, 0.2) is 70.6 Å². The van der Waals surface area contributed by atoms with Crippen LogP contribution in [0.4, 0.5) is 14.5 Å². The lowest BCUT2D eigenvalue weighted by Gasteiger charge is -2.26. The van der Waals surface area contributed by atoms with Crippen molar-refractivity contribution in [2.24, 2.45) is 4.99 Å². The normalized spacial score (nSPS) is 16.4. The molecule has 0 bridgehead atoms. The number of nitrogens with one attached hydrogen (secondary N) is 2. The minimum Gasteiger partial charge on any atom is -0.324 e. The predicted octanol–water partition coefficient (Wildman–Crippen LogP) is 4.25. The van der Waals surface area contributed by atoms with Gasteiger partial charge in [-0.15, -0.1) is 0 Å². The van der Waals surface area contributed by atoms with E-state index in [4.69, 9.17) is 5.26 Å². The molecule has 4 rings (SSSR count). The van der Waals surface area contributed by atoms with Crippen molar-refractivity contribution in [3.05, 3.63) is 94.6 Å². The summed E-state index contributed by atoms with van der Waals surface area (Å²) in [4.78, 5) is 4.12. The standard InChI is InChI=1S/C23H18F2N4O2S/c1-14(17-4-2-3-5-18(17)24)21-19(25)10-11-20-22(21)28-23(29-32(20,30)31)27-13-16-8-6-15(12-26)7-9-16/h2-11,14H,13H2,1H3,(H2,27,28,29)/t14-/m1/s1. The Kier molecular flexibility index (Phi) is 5.63. The van der Waals surface area contributed by atoms with Gasteiger partial charge in [-0.1, -0.05) is 37.3 Å². The lowest BCUT2D eigenvalue weighted by Crippen LogP contribution is -2.41. The van der Waals surface area contributed by atoms with Crippen LogP contribution in [0, 0.1) is 23.0 Å². The summed E-state index contributed by atoms with van der Waals surface area (Å²) < 4.78 is 57.2. The van der Waals surface area contributed by atoms with E-state index in [2.05, 4.69) is 15.0 Å². The number of hydrogen-bond donors (Lipinski definition) is 2. The van der Waals surface area contributed by atoms with Gasteiger partial charge in [0.1, 0.15) is 16.5 Å². The van der Waals surface area contributed by atoms with Gasteiger partial charge in [0.05, 0.1) is 23.9 Å². The average Bonchev–Trinajstić information content (AvgIpc) is 2.77. The molecule has 2 N–H and O–H groups in total. The van der Waals surface area contributed by atoms with Crippen molar-refractivity contribution >= 4 is 21.7 Å². The van der Waals surface area contributed by atoms with Crippen LogP contribution in [0.25, 0.3) is 0 Å².